The summed E-state index contributed by atoms with van der Waals surface area (Å²) in [4.78, 5) is 30.3. The molecule has 1 fully saturated rings. The summed E-state index contributed by atoms with van der Waals surface area (Å²) in [6.45, 7) is 7.46. The van der Waals surface area contributed by atoms with Crippen molar-refractivity contribution in [3.05, 3.63) is 29.6 Å². The number of pyridine rings is 1. The van der Waals surface area contributed by atoms with E-state index in [-0.39, 0.29) is 11.8 Å². The molecule has 1 N–H and O–H groups in total. The number of nitrogens with zero attached hydrogens (tertiary/aromatic N) is 2. The van der Waals surface area contributed by atoms with Gasteiger partial charge in [-0.2, -0.15) is 0 Å². The summed E-state index contributed by atoms with van der Waals surface area (Å²) in [7, 11) is 0. The van der Waals surface area contributed by atoms with E-state index in [9.17, 15) is 9.59 Å². The van der Waals surface area contributed by atoms with E-state index in [1.165, 1.54) is 0 Å². The van der Waals surface area contributed by atoms with Crippen LogP contribution in [0.4, 0.5) is 0 Å². The number of carbonyl (C=O) groups is 2. The molecule has 5 heteroatoms. The van der Waals surface area contributed by atoms with Gasteiger partial charge < -0.3 is 10.2 Å². The Labute approximate surface area is 113 Å². The Balaban J connectivity index is 2.30. The van der Waals surface area contributed by atoms with Crippen LogP contribution in [-0.2, 0) is 16.1 Å². The second-order valence-electron chi connectivity index (χ2n) is 5.45. The molecule has 102 valence electrons. The lowest BCUT2D eigenvalue weighted by molar-refractivity contribution is -0.155. The second kappa shape index (κ2) is 4.64. The number of amides is 2. The summed E-state index contributed by atoms with van der Waals surface area (Å²) < 4.78 is 0. The maximum absolute atomic E-state index is 12.3. The predicted molar refractivity (Wildman–Crippen MR) is 71.2 cm³/mol. The molecule has 5 nitrogen and oxygen atoms in total. The summed E-state index contributed by atoms with van der Waals surface area (Å²) in [5.41, 5.74) is 0.843. The van der Waals surface area contributed by atoms with Crippen molar-refractivity contribution in [2.75, 3.05) is 0 Å². The number of piperazine rings is 1. The highest BCUT2D eigenvalue weighted by Crippen LogP contribution is 2.23. The number of hydrogen-bond donors (Lipinski definition) is 1. The van der Waals surface area contributed by atoms with Gasteiger partial charge in [0.25, 0.3) is 0 Å². The monoisotopic (exact) mass is 261 g/mol. The second-order valence-corrected chi connectivity index (χ2v) is 5.45. The number of hydrogen-bond acceptors (Lipinski definition) is 3. The molecule has 0 bridgehead atoms. The van der Waals surface area contributed by atoms with Gasteiger partial charge >= 0.3 is 0 Å². The van der Waals surface area contributed by atoms with E-state index < -0.39 is 11.6 Å². The molecule has 1 aromatic rings. The van der Waals surface area contributed by atoms with Gasteiger partial charge in [-0.05, 0) is 39.8 Å². The van der Waals surface area contributed by atoms with E-state index in [1.807, 2.05) is 25.1 Å². The van der Waals surface area contributed by atoms with Crippen molar-refractivity contribution in [1.29, 1.82) is 0 Å². The van der Waals surface area contributed by atoms with Gasteiger partial charge in [0.1, 0.15) is 11.6 Å². The first-order valence-electron chi connectivity index (χ1n) is 6.37. The summed E-state index contributed by atoms with van der Waals surface area (Å²) in [6, 6.07) is 5.20. The van der Waals surface area contributed by atoms with Gasteiger partial charge in [-0.1, -0.05) is 6.07 Å². The third kappa shape index (κ3) is 2.45. The Bertz CT molecular complexity index is 525. The highest BCUT2D eigenvalue weighted by atomic mass is 16.2. The van der Waals surface area contributed by atoms with Crippen LogP contribution < -0.4 is 5.32 Å². The molecule has 1 aliphatic rings. The van der Waals surface area contributed by atoms with E-state index in [4.69, 9.17) is 0 Å². The molecule has 0 saturated carbocycles. The Morgan fingerprint density at radius 3 is 2.68 bits per heavy atom. The van der Waals surface area contributed by atoms with Crippen molar-refractivity contribution >= 4 is 11.8 Å². The standard InChI is InChI=1S/C14H19N3O2/c1-9-6-5-7-11(15-9)8-17-12(18)10(2)16-13(19)14(17,3)4/h5-7,10H,8H2,1-4H3,(H,16,19). The van der Waals surface area contributed by atoms with Crippen LogP contribution in [0, 0.1) is 6.92 Å². The lowest BCUT2D eigenvalue weighted by Crippen LogP contribution is -2.67. The van der Waals surface area contributed by atoms with E-state index in [0.717, 1.165) is 11.4 Å². The fourth-order valence-corrected chi connectivity index (χ4v) is 2.19. The molecule has 2 heterocycles. The number of nitrogens with one attached hydrogen (secondary N) is 1. The molecule has 1 atom stereocenters. The van der Waals surface area contributed by atoms with Crippen molar-refractivity contribution in [3.8, 4) is 0 Å². The normalized spacial score (nSPS) is 22.3. The van der Waals surface area contributed by atoms with Crippen molar-refractivity contribution in [2.45, 2.75) is 45.8 Å². The predicted octanol–water partition coefficient (Wildman–Crippen LogP) is 1.02. The Kier molecular flexibility index (Phi) is 3.30. The van der Waals surface area contributed by atoms with Crippen LogP contribution in [-0.4, -0.2) is 33.3 Å². The topological polar surface area (TPSA) is 62.3 Å². The Morgan fingerprint density at radius 2 is 2.05 bits per heavy atom. The lowest BCUT2D eigenvalue weighted by atomic mass is 9.96. The van der Waals surface area contributed by atoms with Gasteiger partial charge in [-0.15, -0.1) is 0 Å². The maximum Gasteiger partial charge on any atom is 0.246 e. The average Bonchev–Trinajstić information content (AvgIpc) is 2.33. The molecular weight excluding hydrogens is 242 g/mol. The molecule has 0 aromatic carbocycles. The SMILES string of the molecule is Cc1cccc(CN2C(=O)C(C)NC(=O)C2(C)C)n1. The zero-order chi connectivity index (χ0) is 14.2. The third-order valence-electron chi connectivity index (χ3n) is 3.48. The molecule has 0 radical (unpaired) electrons. The van der Waals surface area contributed by atoms with Crippen molar-refractivity contribution < 1.29 is 9.59 Å². The Morgan fingerprint density at radius 1 is 1.37 bits per heavy atom. The van der Waals surface area contributed by atoms with Crippen molar-refractivity contribution in [1.82, 2.24) is 15.2 Å². The van der Waals surface area contributed by atoms with Gasteiger partial charge in [0.2, 0.25) is 11.8 Å². The first kappa shape index (κ1) is 13.5. The molecular formula is C14H19N3O2. The quantitative estimate of drug-likeness (QED) is 0.864. The van der Waals surface area contributed by atoms with Crippen LogP contribution in [0.15, 0.2) is 18.2 Å². The fraction of sp³-hybridized carbons (Fsp3) is 0.500. The highest BCUT2D eigenvalue weighted by molar-refractivity contribution is 5.99. The minimum Gasteiger partial charge on any atom is -0.343 e. The number of rotatable bonds is 2. The van der Waals surface area contributed by atoms with E-state index in [1.54, 1.807) is 25.7 Å². The molecule has 1 aromatic heterocycles. The van der Waals surface area contributed by atoms with Gasteiger partial charge in [-0.25, -0.2) is 0 Å². The van der Waals surface area contributed by atoms with Crippen molar-refractivity contribution in [3.63, 3.8) is 0 Å². The minimum absolute atomic E-state index is 0.0760. The van der Waals surface area contributed by atoms with Crippen LogP contribution >= 0.6 is 0 Å². The smallest absolute Gasteiger partial charge is 0.246 e. The number of aromatic nitrogens is 1. The van der Waals surface area contributed by atoms with Crippen LogP contribution in [0.25, 0.3) is 0 Å². The summed E-state index contributed by atoms with van der Waals surface area (Å²) in [5.74, 6) is -0.208. The van der Waals surface area contributed by atoms with Crippen LogP contribution in [0.3, 0.4) is 0 Å². The van der Waals surface area contributed by atoms with Crippen LogP contribution in [0.2, 0.25) is 0 Å². The molecule has 1 unspecified atom stereocenters. The van der Waals surface area contributed by atoms with Gasteiger partial charge in [0.15, 0.2) is 0 Å². The molecule has 0 spiro atoms. The van der Waals surface area contributed by atoms with Gasteiger partial charge in [-0.3, -0.25) is 14.6 Å². The fourth-order valence-electron chi connectivity index (χ4n) is 2.19. The minimum atomic E-state index is -0.852. The number of aryl methyl sites for hydroxylation is 1. The van der Waals surface area contributed by atoms with Gasteiger partial charge in [0.05, 0.1) is 12.2 Å². The van der Waals surface area contributed by atoms with Crippen LogP contribution in [0.5, 0.6) is 0 Å². The molecule has 1 saturated heterocycles. The Hall–Kier alpha value is -1.91. The summed E-state index contributed by atoms with van der Waals surface area (Å²) in [6.07, 6.45) is 0. The zero-order valence-electron chi connectivity index (χ0n) is 11.7. The van der Waals surface area contributed by atoms with Crippen molar-refractivity contribution in [2.24, 2.45) is 0 Å². The highest BCUT2D eigenvalue weighted by Gasteiger charge is 2.44. The molecule has 19 heavy (non-hydrogen) atoms. The first-order valence-corrected chi connectivity index (χ1v) is 6.37. The van der Waals surface area contributed by atoms with Gasteiger partial charge in [0, 0.05) is 5.69 Å². The lowest BCUT2D eigenvalue weighted by Gasteiger charge is -2.43. The maximum atomic E-state index is 12.3. The first-order chi connectivity index (χ1) is 8.82. The number of carbonyl (C=O) groups excluding carboxylic acids is 2. The summed E-state index contributed by atoms with van der Waals surface area (Å²) in [5, 5.41) is 2.70. The molecule has 1 aliphatic heterocycles. The van der Waals surface area contributed by atoms with Crippen LogP contribution in [0.1, 0.15) is 32.2 Å². The van der Waals surface area contributed by atoms with E-state index in [2.05, 4.69) is 10.3 Å². The van der Waals surface area contributed by atoms with E-state index in [0.29, 0.717) is 6.54 Å². The molecule has 2 rings (SSSR count). The zero-order valence-corrected chi connectivity index (χ0v) is 11.7. The molecule has 2 amide bonds. The van der Waals surface area contributed by atoms with E-state index >= 15 is 0 Å². The molecule has 0 aliphatic carbocycles. The largest absolute Gasteiger partial charge is 0.343 e. The average molecular weight is 261 g/mol. The summed E-state index contributed by atoms with van der Waals surface area (Å²) >= 11 is 0. The third-order valence-corrected chi connectivity index (χ3v) is 3.48.